The molecule has 2 rings (SSSR count). The second kappa shape index (κ2) is 5.27. The average Bonchev–Trinajstić information content (AvgIpc) is 2.26. The first-order valence-corrected chi connectivity index (χ1v) is 5.60. The fraction of sp³-hybridized carbons (Fsp3) is 0.167. The molecule has 0 unspecified atom stereocenters. The van der Waals surface area contributed by atoms with E-state index in [1.165, 1.54) is 6.07 Å². The van der Waals surface area contributed by atoms with Crippen LogP contribution < -0.4 is 4.74 Å². The summed E-state index contributed by atoms with van der Waals surface area (Å²) in [5.41, 5.74) is 0.912. The number of nitrogens with zero attached hydrogens (tertiary/aromatic N) is 1. The van der Waals surface area contributed by atoms with E-state index >= 15 is 0 Å². The lowest BCUT2D eigenvalue weighted by molar-refractivity contribution is 0.0267. The Labute approximate surface area is 112 Å². The number of halogens is 2. The van der Waals surface area contributed by atoms with Crippen LogP contribution in [0.15, 0.2) is 18.2 Å². The van der Waals surface area contributed by atoms with Crippen molar-refractivity contribution >= 4 is 28.7 Å². The Morgan fingerprint density at radius 1 is 1.47 bits per heavy atom. The van der Waals surface area contributed by atoms with Crippen LogP contribution in [0.5, 0.6) is 5.75 Å². The van der Waals surface area contributed by atoms with Gasteiger partial charge in [0.1, 0.15) is 11.6 Å². The van der Waals surface area contributed by atoms with Crippen molar-refractivity contribution in [3.05, 3.63) is 34.7 Å². The third kappa shape index (κ3) is 3.03. The van der Waals surface area contributed by atoms with Gasteiger partial charge in [0.05, 0.1) is 15.9 Å². The predicted molar refractivity (Wildman–Crippen MR) is 66.1 cm³/mol. The molecule has 0 radical (unpaired) electrons. The van der Waals surface area contributed by atoms with E-state index < -0.39 is 18.8 Å². The van der Waals surface area contributed by atoms with E-state index in [9.17, 15) is 9.18 Å². The fourth-order valence-electron chi connectivity index (χ4n) is 1.63. The topological polar surface area (TPSA) is 68.7 Å². The summed E-state index contributed by atoms with van der Waals surface area (Å²) in [6.45, 7) is 1.21. The lowest BCUT2D eigenvalue weighted by Crippen LogP contribution is -2.08. The minimum Gasteiger partial charge on any atom is -0.456 e. The van der Waals surface area contributed by atoms with Gasteiger partial charge in [-0.15, -0.1) is 0 Å². The number of benzene rings is 1. The van der Waals surface area contributed by atoms with Crippen LogP contribution >= 0.6 is 11.6 Å². The molecule has 1 heterocycles. The molecule has 0 spiro atoms. The normalized spacial score (nSPS) is 10.5. The van der Waals surface area contributed by atoms with Crippen LogP contribution in [0.25, 0.3) is 10.9 Å². The second-order valence-corrected chi connectivity index (χ2v) is 4.12. The van der Waals surface area contributed by atoms with E-state index in [1.807, 2.05) is 0 Å². The van der Waals surface area contributed by atoms with E-state index in [-0.39, 0.29) is 10.8 Å². The number of carbonyl (C=O) groups is 1. The lowest BCUT2D eigenvalue weighted by Gasteiger charge is -2.10. The Balaban J connectivity index is 2.44. The molecule has 5 nitrogen and oxygen atoms in total. The first kappa shape index (κ1) is 13.4. The highest BCUT2D eigenvalue weighted by Gasteiger charge is 2.11. The van der Waals surface area contributed by atoms with Crippen molar-refractivity contribution in [1.29, 1.82) is 0 Å². The highest BCUT2D eigenvalue weighted by Crippen LogP contribution is 2.32. The smallest absolute Gasteiger partial charge is 0.456 e. The number of carboxylic acid groups (broad SMARTS) is 1. The van der Waals surface area contributed by atoms with Crippen LogP contribution in [0, 0.1) is 12.7 Å². The van der Waals surface area contributed by atoms with Gasteiger partial charge in [0.15, 0.2) is 0 Å². The average molecular weight is 286 g/mol. The second-order valence-electron chi connectivity index (χ2n) is 3.72. The molecule has 0 aliphatic rings. The monoisotopic (exact) mass is 285 g/mol. The van der Waals surface area contributed by atoms with Crippen molar-refractivity contribution in [3.63, 3.8) is 0 Å². The summed E-state index contributed by atoms with van der Waals surface area (Å²) in [6.07, 6.45) is -1.45. The van der Waals surface area contributed by atoms with Gasteiger partial charge in [0, 0.05) is 17.8 Å². The molecule has 19 heavy (non-hydrogen) atoms. The molecule has 0 amide bonds. The van der Waals surface area contributed by atoms with Crippen LogP contribution in [0.1, 0.15) is 5.69 Å². The van der Waals surface area contributed by atoms with Gasteiger partial charge < -0.3 is 14.6 Å². The maximum absolute atomic E-state index is 13.3. The van der Waals surface area contributed by atoms with Crippen molar-refractivity contribution in [2.24, 2.45) is 0 Å². The summed E-state index contributed by atoms with van der Waals surface area (Å²) in [6, 6.07) is 3.92. The summed E-state index contributed by atoms with van der Waals surface area (Å²) in [7, 11) is 0. The van der Waals surface area contributed by atoms with Crippen molar-refractivity contribution in [3.8, 4) is 5.75 Å². The fourth-order valence-corrected chi connectivity index (χ4v) is 1.93. The van der Waals surface area contributed by atoms with Gasteiger partial charge in [-0.3, -0.25) is 4.98 Å². The Bertz CT molecular complexity index is 642. The van der Waals surface area contributed by atoms with Gasteiger partial charge in [0.2, 0.25) is 6.79 Å². The quantitative estimate of drug-likeness (QED) is 0.692. The van der Waals surface area contributed by atoms with Gasteiger partial charge in [-0.1, -0.05) is 11.6 Å². The number of aryl methyl sites for hydroxylation is 1. The van der Waals surface area contributed by atoms with Gasteiger partial charge in [-0.2, -0.15) is 0 Å². The van der Waals surface area contributed by atoms with Crippen molar-refractivity contribution in [2.75, 3.05) is 6.79 Å². The summed E-state index contributed by atoms with van der Waals surface area (Å²) < 4.78 is 22.7. The van der Waals surface area contributed by atoms with Crippen molar-refractivity contribution in [1.82, 2.24) is 4.98 Å². The molecule has 1 aromatic heterocycles. The number of fused-ring (bicyclic) bond motifs is 1. The largest absolute Gasteiger partial charge is 0.508 e. The number of hydrogen-bond donors (Lipinski definition) is 1. The molecule has 1 aromatic carbocycles. The van der Waals surface area contributed by atoms with Crippen molar-refractivity contribution in [2.45, 2.75) is 6.92 Å². The molecule has 0 saturated heterocycles. The molecule has 0 fully saturated rings. The van der Waals surface area contributed by atoms with Gasteiger partial charge >= 0.3 is 6.16 Å². The molecule has 0 bridgehead atoms. The third-order valence-corrected chi connectivity index (χ3v) is 2.61. The molecule has 0 atom stereocenters. The maximum Gasteiger partial charge on any atom is 0.508 e. The van der Waals surface area contributed by atoms with Crippen LogP contribution in [-0.4, -0.2) is 23.0 Å². The minimum absolute atomic E-state index is 0.132. The summed E-state index contributed by atoms with van der Waals surface area (Å²) in [4.78, 5) is 14.4. The van der Waals surface area contributed by atoms with Crippen LogP contribution in [0.3, 0.4) is 0 Å². The molecule has 100 valence electrons. The first-order chi connectivity index (χ1) is 8.97. The van der Waals surface area contributed by atoms with Gasteiger partial charge in [0.25, 0.3) is 0 Å². The number of rotatable bonds is 3. The van der Waals surface area contributed by atoms with Gasteiger partial charge in [-0.25, -0.2) is 9.18 Å². The molecule has 2 aromatic rings. The van der Waals surface area contributed by atoms with Crippen LogP contribution in [0.4, 0.5) is 9.18 Å². The molecule has 7 heteroatoms. The highest BCUT2D eigenvalue weighted by molar-refractivity contribution is 6.35. The number of aromatic nitrogens is 1. The molecular formula is C12H9ClFNO4. The van der Waals surface area contributed by atoms with Crippen molar-refractivity contribution < 1.29 is 23.8 Å². The zero-order valence-electron chi connectivity index (χ0n) is 9.81. The number of pyridine rings is 1. The zero-order valence-corrected chi connectivity index (χ0v) is 10.6. The standard InChI is InChI=1S/C12H9ClFNO4/c1-6-2-10(18-5-19-12(16)17)11-8(13)3-7(14)4-9(11)15-6/h2-4H,5H2,1H3,(H,16,17). The summed E-state index contributed by atoms with van der Waals surface area (Å²) in [5, 5.41) is 8.90. The van der Waals surface area contributed by atoms with Crippen LogP contribution in [-0.2, 0) is 4.74 Å². The SMILES string of the molecule is Cc1cc(OCOC(=O)O)c2c(Cl)cc(F)cc2n1. The summed E-state index contributed by atoms with van der Waals surface area (Å²) >= 11 is 5.94. The molecule has 1 N–H and O–H groups in total. The predicted octanol–water partition coefficient (Wildman–Crippen LogP) is 3.37. The molecule has 0 aliphatic heterocycles. The lowest BCUT2D eigenvalue weighted by atomic mass is 10.2. The van der Waals surface area contributed by atoms with E-state index in [1.54, 1.807) is 13.0 Å². The molecular weight excluding hydrogens is 277 g/mol. The highest BCUT2D eigenvalue weighted by atomic mass is 35.5. The Morgan fingerprint density at radius 3 is 2.89 bits per heavy atom. The summed E-state index contributed by atoms with van der Waals surface area (Å²) in [5.74, 6) is -0.225. The molecule has 0 aliphatic carbocycles. The van der Waals surface area contributed by atoms with E-state index in [0.717, 1.165) is 6.07 Å². The Hall–Kier alpha value is -2.08. The van der Waals surface area contributed by atoms with E-state index in [0.29, 0.717) is 16.6 Å². The van der Waals surface area contributed by atoms with Crippen LogP contribution in [0.2, 0.25) is 5.02 Å². The number of ether oxygens (including phenoxy) is 2. The Morgan fingerprint density at radius 2 is 2.21 bits per heavy atom. The molecule has 0 saturated carbocycles. The zero-order chi connectivity index (χ0) is 14.0. The minimum atomic E-state index is -1.45. The Kier molecular flexibility index (Phi) is 3.71. The maximum atomic E-state index is 13.3. The van der Waals surface area contributed by atoms with E-state index in [2.05, 4.69) is 9.72 Å². The third-order valence-electron chi connectivity index (χ3n) is 2.31. The first-order valence-electron chi connectivity index (χ1n) is 5.22. The number of hydrogen-bond acceptors (Lipinski definition) is 4. The van der Waals surface area contributed by atoms with Gasteiger partial charge in [-0.05, 0) is 13.0 Å². The van der Waals surface area contributed by atoms with E-state index in [4.69, 9.17) is 21.4 Å².